The van der Waals surface area contributed by atoms with Gasteiger partial charge >= 0.3 is 0 Å². The van der Waals surface area contributed by atoms with Gasteiger partial charge < -0.3 is 29.7 Å². The Morgan fingerprint density at radius 3 is 2.65 bits per heavy atom. The third kappa shape index (κ3) is 3.94. The summed E-state index contributed by atoms with van der Waals surface area (Å²) in [5.41, 5.74) is 1.85. The molecule has 4 aromatic rings. The highest BCUT2D eigenvalue weighted by Crippen LogP contribution is 2.56. The largest absolute Gasteiger partial charge is 0.390 e. The summed E-state index contributed by atoms with van der Waals surface area (Å²) in [4.78, 5) is 34.0. The van der Waals surface area contributed by atoms with E-state index < -0.39 is 5.60 Å². The number of rotatable bonds is 5. The van der Waals surface area contributed by atoms with E-state index >= 15 is 0 Å². The van der Waals surface area contributed by atoms with E-state index in [-0.39, 0.29) is 23.7 Å². The molecular formula is C29H32N8O3. The first-order valence-electron chi connectivity index (χ1n) is 14.3. The van der Waals surface area contributed by atoms with Crippen molar-refractivity contribution < 1.29 is 14.4 Å². The molecule has 9 rings (SSSR count). The maximum absolute atomic E-state index is 13.3. The average molecular weight is 541 g/mol. The topological polar surface area (TPSA) is 136 Å². The predicted molar refractivity (Wildman–Crippen MR) is 148 cm³/mol. The third-order valence-electron chi connectivity index (χ3n) is 9.53. The number of anilines is 2. The van der Waals surface area contributed by atoms with Gasteiger partial charge in [-0.3, -0.25) is 4.79 Å². The number of hydrogen-bond acceptors (Lipinski definition) is 9. The fourth-order valence-electron chi connectivity index (χ4n) is 7.95. The standard InChI is InChI=1S/C29H32N8O3/c38-28(37-9-7-36(8-10-37)22-3-1-2-5-30-22)26-34-27(40-35-26)21-16-32-25-20(4-6-31-25)24(21)33-23-18-11-17-12-19(23)15-29(39,13-17)14-18/h1-6,16-19,23,39H,7-15H2,(H2,31,32,33)/t17?,18?,19?,23-,29+. The Balaban J connectivity index is 1.04. The Morgan fingerprint density at radius 1 is 1.07 bits per heavy atom. The maximum Gasteiger partial charge on any atom is 0.295 e. The van der Waals surface area contributed by atoms with Crippen molar-refractivity contribution in [3.8, 4) is 11.5 Å². The van der Waals surface area contributed by atoms with Gasteiger partial charge in [-0.1, -0.05) is 11.2 Å². The number of hydrogen-bond donors (Lipinski definition) is 3. The molecule has 0 spiro atoms. The second-order valence-corrected chi connectivity index (χ2v) is 12.0. The number of amides is 1. The first kappa shape index (κ1) is 23.9. The first-order chi connectivity index (χ1) is 19.5. The lowest BCUT2D eigenvalue weighted by Gasteiger charge is -2.58. The van der Waals surface area contributed by atoms with E-state index in [0.717, 1.165) is 54.6 Å². The minimum atomic E-state index is -0.496. The SMILES string of the molecule is O=C(c1noc(-c2cnc3[nH]ccc3c2N[C@H]2C3CC4CC2C[C@@](O)(C4)C3)n1)N1CCN(c2ccccn2)CC1. The molecule has 4 saturated carbocycles. The van der Waals surface area contributed by atoms with Gasteiger partial charge in [-0.25, -0.2) is 9.97 Å². The Labute approximate surface area is 231 Å². The van der Waals surface area contributed by atoms with E-state index in [1.54, 1.807) is 17.3 Å². The smallest absolute Gasteiger partial charge is 0.295 e. The van der Waals surface area contributed by atoms with E-state index in [9.17, 15) is 9.90 Å². The van der Waals surface area contributed by atoms with Crippen molar-refractivity contribution >= 4 is 28.4 Å². The molecule has 0 aromatic carbocycles. The van der Waals surface area contributed by atoms with Crippen molar-refractivity contribution in [1.29, 1.82) is 0 Å². The quantitative estimate of drug-likeness (QED) is 0.348. The third-order valence-corrected chi connectivity index (χ3v) is 9.53. The Hall–Kier alpha value is -3.99. The molecule has 1 amide bonds. The minimum Gasteiger partial charge on any atom is -0.390 e. The Bertz CT molecular complexity index is 1540. The summed E-state index contributed by atoms with van der Waals surface area (Å²) < 4.78 is 5.68. The number of fused-ring (bicyclic) bond motifs is 1. The number of aliphatic hydroxyl groups is 1. The highest BCUT2D eigenvalue weighted by atomic mass is 16.5. The fourth-order valence-corrected chi connectivity index (χ4v) is 7.95. The fraction of sp³-hybridized carbons (Fsp3) is 0.483. The van der Waals surface area contributed by atoms with Crippen molar-refractivity contribution in [1.82, 2.24) is 30.0 Å². The molecular weight excluding hydrogens is 508 g/mol. The zero-order valence-electron chi connectivity index (χ0n) is 22.2. The van der Waals surface area contributed by atoms with Gasteiger partial charge in [-0.05, 0) is 68.1 Å². The van der Waals surface area contributed by atoms with Crippen molar-refractivity contribution in [3.05, 3.63) is 48.7 Å². The van der Waals surface area contributed by atoms with Gasteiger partial charge in [0.2, 0.25) is 0 Å². The zero-order valence-corrected chi connectivity index (χ0v) is 22.2. The van der Waals surface area contributed by atoms with Gasteiger partial charge in [0, 0.05) is 56.2 Å². The molecule has 4 aromatic heterocycles. The van der Waals surface area contributed by atoms with Crippen LogP contribution in [0.15, 0.2) is 47.4 Å². The lowest BCUT2D eigenvalue weighted by Crippen LogP contribution is -2.59. The summed E-state index contributed by atoms with van der Waals surface area (Å²) in [5, 5.41) is 20.0. The van der Waals surface area contributed by atoms with Gasteiger partial charge in [0.1, 0.15) is 11.5 Å². The van der Waals surface area contributed by atoms with Crippen LogP contribution in [-0.4, -0.2) is 78.8 Å². The molecule has 0 radical (unpaired) electrons. The monoisotopic (exact) mass is 540 g/mol. The number of pyridine rings is 2. The second-order valence-electron chi connectivity index (χ2n) is 12.0. The number of aromatic nitrogens is 5. The van der Waals surface area contributed by atoms with E-state index in [1.807, 2.05) is 30.5 Å². The molecule has 5 aliphatic rings. The lowest BCUT2D eigenvalue weighted by atomic mass is 9.52. The summed E-state index contributed by atoms with van der Waals surface area (Å²) >= 11 is 0. The van der Waals surface area contributed by atoms with E-state index in [2.05, 4.69) is 35.3 Å². The number of piperazine rings is 1. The van der Waals surface area contributed by atoms with Gasteiger partial charge in [0.15, 0.2) is 0 Å². The first-order valence-corrected chi connectivity index (χ1v) is 14.3. The van der Waals surface area contributed by atoms with Crippen molar-refractivity contribution in [2.45, 2.75) is 43.7 Å². The molecule has 2 atom stereocenters. The van der Waals surface area contributed by atoms with Crippen LogP contribution in [0.1, 0.15) is 42.7 Å². The van der Waals surface area contributed by atoms with Crippen molar-refractivity contribution in [2.75, 3.05) is 36.4 Å². The van der Waals surface area contributed by atoms with Crippen LogP contribution in [-0.2, 0) is 0 Å². The average Bonchev–Trinajstić information content (AvgIpc) is 3.65. The van der Waals surface area contributed by atoms with Crippen LogP contribution in [0.5, 0.6) is 0 Å². The minimum absolute atomic E-state index is 0.0539. The van der Waals surface area contributed by atoms with Crippen LogP contribution in [0.2, 0.25) is 0 Å². The Morgan fingerprint density at radius 2 is 1.90 bits per heavy atom. The van der Waals surface area contributed by atoms with E-state index in [0.29, 0.717) is 49.5 Å². The molecule has 11 heteroatoms. The highest BCUT2D eigenvalue weighted by Gasteiger charge is 2.54. The van der Waals surface area contributed by atoms with Crippen molar-refractivity contribution in [3.63, 3.8) is 0 Å². The van der Waals surface area contributed by atoms with Crippen LogP contribution in [0.25, 0.3) is 22.5 Å². The Kier molecular flexibility index (Phi) is 5.38. The van der Waals surface area contributed by atoms with Crippen LogP contribution >= 0.6 is 0 Å². The molecule has 3 N–H and O–H groups in total. The summed E-state index contributed by atoms with van der Waals surface area (Å²) in [6.07, 6.45) is 10.3. The van der Waals surface area contributed by atoms with Crippen LogP contribution < -0.4 is 10.2 Å². The van der Waals surface area contributed by atoms with Crippen LogP contribution in [0.4, 0.5) is 11.5 Å². The molecule has 4 aliphatic carbocycles. The number of carbonyl (C=O) groups is 1. The molecule has 5 heterocycles. The van der Waals surface area contributed by atoms with Gasteiger partial charge in [-0.2, -0.15) is 4.98 Å². The van der Waals surface area contributed by atoms with Crippen LogP contribution in [0, 0.1) is 17.8 Å². The number of H-pyrrole nitrogens is 1. The van der Waals surface area contributed by atoms with E-state index in [1.165, 1.54) is 0 Å². The molecule has 40 heavy (non-hydrogen) atoms. The second kappa shape index (κ2) is 9.02. The van der Waals surface area contributed by atoms with E-state index in [4.69, 9.17) is 4.52 Å². The maximum atomic E-state index is 13.3. The van der Waals surface area contributed by atoms with Gasteiger partial charge in [-0.15, -0.1) is 0 Å². The summed E-state index contributed by atoms with van der Waals surface area (Å²) in [5.74, 6) is 2.48. The van der Waals surface area contributed by atoms with Crippen LogP contribution in [0.3, 0.4) is 0 Å². The zero-order chi connectivity index (χ0) is 26.8. The molecule has 1 aliphatic heterocycles. The molecule has 11 nitrogen and oxygen atoms in total. The normalized spacial score (nSPS) is 29.3. The lowest BCUT2D eigenvalue weighted by molar-refractivity contribution is -0.129. The molecule has 1 saturated heterocycles. The summed E-state index contributed by atoms with van der Waals surface area (Å²) in [6, 6.07) is 8.11. The number of carbonyl (C=O) groups excluding carboxylic acids is 1. The molecule has 2 unspecified atom stereocenters. The number of aromatic amines is 1. The van der Waals surface area contributed by atoms with Crippen molar-refractivity contribution in [2.24, 2.45) is 17.8 Å². The number of nitrogens with zero attached hydrogens (tertiary/aromatic N) is 6. The number of nitrogens with one attached hydrogen (secondary N) is 2. The summed E-state index contributed by atoms with van der Waals surface area (Å²) in [7, 11) is 0. The predicted octanol–water partition coefficient (Wildman–Crippen LogP) is 3.32. The highest BCUT2D eigenvalue weighted by molar-refractivity contribution is 5.97. The molecule has 5 fully saturated rings. The van der Waals surface area contributed by atoms with Gasteiger partial charge in [0.25, 0.3) is 17.6 Å². The summed E-state index contributed by atoms with van der Waals surface area (Å²) in [6.45, 7) is 2.49. The van der Waals surface area contributed by atoms with Gasteiger partial charge in [0.05, 0.1) is 16.9 Å². The molecule has 4 bridgehead atoms. The molecule has 206 valence electrons.